The fourth-order valence-electron chi connectivity index (χ4n) is 1.33. The Morgan fingerprint density at radius 3 is 1.85 bits per heavy atom. The van der Waals surface area contributed by atoms with Crippen molar-refractivity contribution in [3.05, 3.63) is 0 Å². The summed E-state index contributed by atoms with van der Waals surface area (Å²) in [7, 11) is -2.42. The molecule has 0 radical (unpaired) electrons. The van der Waals surface area contributed by atoms with Gasteiger partial charge in [-0.25, -0.2) is 4.31 Å². The molecule has 0 saturated carbocycles. The Hall–Kier alpha value is 0.230. The summed E-state index contributed by atoms with van der Waals surface area (Å²) in [4.78, 5) is 0. The van der Waals surface area contributed by atoms with Crippen molar-refractivity contribution in [3.8, 4) is 0 Å². The lowest BCUT2D eigenvalue weighted by Crippen LogP contribution is -2.34. The fourth-order valence-corrected chi connectivity index (χ4v) is 2.23. The van der Waals surface area contributed by atoms with Crippen molar-refractivity contribution >= 4 is 10.8 Å². The molecule has 1 heterocycles. The van der Waals surface area contributed by atoms with Gasteiger partial charge in [-0.05, 0) is 18.8 Å². The number of rotatable bonds is 1. The third-order valence-corrected chi connectivity index (χ3v) is 3.58. The van der Waals surface area contributed by atoms with Gasteiger partial charge in [0.25, 0.3) is 0 Å². The summed E-state index contributed by atoms with van der Waals surface area (Å²) < 4.78 is 20.4. The fraction of sp³-hybridized carbons (Fsp3) is 1.00. The molecule has 0 aromatic heterocycles. The van der Waals surface area contributed by atoms with Gasteiger partial charge in [0.05, 0.1) is 0 Å². The average molecular weight is 209 g/mol. The normalized spacial score (nSPS) is 22.0. The van der Waals surface area contributed by atoms with Gasteiger partial charge in [0.15, 0.2) is 0 Å². The van der Waals surface area contributed by atoms with Crippen LogP contribution >= 0.6 is 10.8 Å². The molecule has 0 atom stereocenters. The van der Waals surface area contributed by atoms with Crippen molar-refractivity contribution in [1.29, 1.82) is 0 Å². The summed E-state index contributed by atoms with van der Waals surface area (Å²) in [5.41, 5.74) is 0. The van der Waals surface area contributed by atoms with Crippen LogP contribution in [-0.4, -0.2) is 32.8 Å². The Morgan fingerprint density at radius 1 is 1.15 bits per heavy atom. The quantitative estimate of drug-likeness (QED) is 0.697. The van der Waals surface area contributed by atoms with Gasteiger partial charge < -0.3 is 0 Å². The first-order chi connectivity index (χ1) is 6.00. The zero-order valence-corrected chi connectivity index (χ0v) is 9.97. The maximum Gasteiger partial charge on any atom is 0.0418 e. The van der Waals surface area contributed by atoms with E-state index in [2.05, 4.69) is 6.92 Å². The van der Waals surface area contributed by atoms with Crippen LogP contribution in [-0.2, 0) is 0 Å². The second kappa shape index (κ2) is 5.86. The summed E-state index contributed by atoms with van der Waals surface area (Å²) in [5.74, 6) is 0.744. The largest absolute Gasteiger partial charge is 0.286 e. The highest BCUT2D eigenvalue weighted by Gasteiger charge is 2.22. The van der Waals surface area contributed by atoms with Crippen LogP contribution in [0.4, 0.5) is 0 Å². The van der Waals surface area contributed by atoms with Gasteiger partial charge in [-0.1, -0.05) is 20.8 Å². The van der Waals surface area contributed by atoms with Gasteiger partial charge in [-0.15, -0.1) is 10.8 Å². The van der Waals surface area contributed by atoms with Gasteiger partial charge in [0, 0.05) is 19.3 Å². The highest BCUT2D eigenvalue weighted by atomic mass is 32.3. The second-order valence-corrected chi connectivity index (χ2v) is 5.51. The topological polar surface area (TPSA) is 43.7 Å². The van der Waals surface area contributed by atoms with Crippen LogP contribution < -0.4 is 0 Å². The SMILES string of the molecule is CC.CC1CCN(S(C)(O)O)CC1. The van der Waals surface area contributed by atoms with Crippen LogP contribution in [0.3, 0.4) is 0 Å². The molecule has 0 spiro atoms. The van der Waals surface area contributed by atoms with Crippen LogP contribution in [0.1, 0.15) is 33.6 Å². The smallest absolute Gasteiger partial charge is 0.0418 e. The van der Waals surface area contributed by atoms with Crippen LogP contribution in [0.2, 0.25) is 0 Å². The Labute approximate surface area is 83.6 Å². The minimum atomic E-state index is -2.42. The Morgan fingerprint density at radius 2 is 1.54 bits per heavy atom. The second-order valence-electron chi connectivity index (χ2n) is 3.40. The van der Waals surface area contributed by atoms with Crippen molar-refractivity contribution in [1.82, 2.24) is 4.31 Å². The van der Waals surface area contributed by atoms with Crippen molar-refractivity contribution in [2.75, 3.05) is 19.3 Å². The first-order valence-corrected chi connectivity index (χ1v) is 6.89. The zero-order chi connectivity index (χ0) is 10.5. The van der Waals surface area contributed by atoms with Gasteiger partial charge in [0.1, 0.15) is 0 Å². The van der Waals surface area contributed by atoms with Gasteiger partial charge in [0.2, 0.25) is 0 Å². The van der Waals surface area contributed by atoms with E-state index in [1.807, 2.05) is 13.8 Å². The van der Waals surface area contributed by atoms with Crippen molar-refractivity contribution in [2.45, 2.75) is 33.6 Å². The predicted molar refractivity (Wildman–Crippen MR) is 60.1 cm³/mol. The van der Waals surface area contributed by atoms with E-state index < -0.39 is 10.8 Å². The van der Waals surface area contributed by atoms with E-state index >= 15 is 0 Å². The standard InChI is InChI=1S/C7H17NO2S.C2H6/c1-7-3-5-8(6-4-7)11(2,9)10;1-2/h7,9-10H,3-6H2,1-2H3;1-2H3. The third kappa shape index (κ3) is 4.86. The van der Waals surface area contributed by atoms with Gasteiger partial charge >= 0.3 is 0 Å². The highest BCUT2D eigenvalue weighted by Crippen LogP contribution is 2.41. The molecule has 13 heavy (non-hydrogen) atoms. The minimum absolute atomic E-state index is 0.744. The van der Waals surface area contributed by atoms with E-state index in [-0.39, 0.29) is 0 Å². The van der Waals surface area contributed by atoms with Crippen LogP contribution in [0, 0.1) is 5.92 Å². The van der Waals surface area contributed by atoms with E-state index in [9.17, 15) is 9.11 Å². The third-order valence-electron chi connectivity index (χ3n) is 2.23. The molecular formula is C9H23NO2S. The van der Waals surface area contributed by atoms with E-state index in [4.69, 9.17) is 0 Å². The lowest BCUT2D eigenvalue weighted by Gasteiger charge is -2.43. The number of nitrogens with zero attached hydrogens (tertiary/aromatic N) is 1. The monoisotopic (exact) mass is 209 g/mol. The molecule has 0 aromatic carbocycles. The summed E-state index contributed by atoms with van der Waals surface area (Å²) >= 11 is 0. The van der Waals surface area contributed by atoms with Crippen LogP contribution in [0.5, 0.6) is 0 Å². The molecule has 0 aliphatic carbocycles. The minimum Gasteiger partial charge on any atom is -0.286 e. The van der Waals surface area contributed by atoms with E-state index in [1.54, 1.807) is 4.31 Å². The molecule has 1 fully saturated rings. The van der Waals surface area contributed by atoms with Crippen molar-refractivity contribution < 1.29 is 9.11 Å². The molecule has 0 amide bonds. The molecular weight excluding hydrogens is 186 g/mol. The van der Waals surface area contributed by atoms with Crippen molar-refractivity contribution in [3.63, 3.8) is 0 Å². The Bertz CT molecular complexity index is 128. The maximum absolute atomic E-state index is 9.29. The van der Waals surface area contributed by atoms with E-state index in [1.165, 1.54) is 6.26 Å². The molecule has 1 rings (SSSR count). The molecule has 3 nitrogen and oxygen atoms in total. The maximum atomic E-state index is 9.29. The molecule has 2 N–H and O–H groups in total. The molecule has 1 saturated heterocycles. The molecule has 1 aliphatic heterocycles. The zero-order valence-electron chi connectivity index (χ0n) is 9.16. The van der Waals surface area contributed by atoms with Gasteiger partial charge in [-0.2, -0.15) is 0 Å². The van der Waals surface area contributed by atoms with Gasteiger partial charge in [-0.3, -0.25) is 9.11 Å². The van der Waals surface area contributed by atoms with Crippen molar-refractivity contribution in [2.24, 2.45) is 5.92 Å². The molecule has 4 heteroatoms. The summed E-state index contributed by atoms with van der Waals surface area (Å²) in [6.07, 6.45) is 3.68. The van der Waals surface area contributed by atoms with E-state index in [0.717, 1.165) is 31.8 Å². The average Bonchev–Trinajstić information content (AvgIpc) is 2.07. The molecule has 0 bridgehead atoms. The summed E-state index contributed by atoms with van der Waals surface area (Å²) in [6, 6.07) is 0. The molecule has 82 valence electrons. The summed E-state index contributed by atoms with van der Waals surface area (Å²) in [5, 5.41) is 0. The highest BCUT2D eigenvalue weighted by molar-refractivity contribution is 8.21. The predicted octanol–water partition coefficient (Wildman–Crippen LogP) is 3.04. The first-order valence-electron chi connectivity index (χ1n) is 4.98. The van der Waals surface area contributed by atoms with E-state index in [0.29, 0.717) is 0 Å². The lowest BCUT2D eigenvalue weighted by molar-refractivity contribution is 0.264. The molecule has 1 aliphatic rings. The van der Waals surface area contributed by atoms with Crippen LogP contribution in [0.15, 0.2) is 0 Å². The molecule has 0 aromatic rings. The Balaban J connectivity index is 0.000000671. The Kier molecular flexibility index (Phi) is 5.96. The number of hydrogen-bond acceptors (Lipinski definition) is 3. The van der Waals surface area contributed by atoms with Crippen LogP contribution in [0.25, 0.3) is 0 Å². The molecule has 0 unspecified atom stereocenters. The summed E-state index contributed by atoms with van der Waals surface area (Å²) in [6.45, 7) is 7.87. The number of hydrogen-bond donors (Lipinski definition) is 2. The number of piperidine rings is 1. The first kappa shape index (κ1) is 13.2. The lowest BCUT2D eigenvalue weighted by atomic mass is 10.0.